The van der Waals surface area contributed by atoms with Gasteiger partial charge in [-0.15, -0.1) is 0 Å². The number of hydrogen-bond donors (Lipinski definition) is 1. The summed E-state index contributed by atoms with van der Waals surface area (Å²) in [6.07, 6.45) is 4.24. The van der Waals surface area contributed by atoms with Gasteiger partial charge in [-0.05, 0) is 73.6 Å². The van der Waals surface area contributed by atoms with Crippen molar-refractivity contribution in [2.45, 2.75) is 97.0 Å². The van der Waals surface area contributed by atoms with Crippen LogP contribution >= 0.6 is 0 Å². The van der Waals surface area contributed by atoms with Crippen molar-refractivity contribution in [3.63, 3.8) is 0 Å². The first kappa shape index (κ1) is 21.3. The Morgan fingerprint density at radius 1 is 1.17 bits per heavy atom. The van der Waals surface area contributed by atoms with Gasteiger partial charge >= 0.3 is 6.09 Å². The molecule has 6 heteroatoms. The molecule has 0 radical (unpaired) electrons. The third-order valence-corrected chi connectivity index (χ3v) is 5.45. The average Bonchev–Trinajstić information content (AvgIpc) is 2.42. The van der Waals surface area contributed by atoms with Gasteiger partial charge in [0, 0.05) is 12.0 Å². The Balaban J connectivity index is 2.55. The van der Waals surface area contributed by atoms with Crippen LogP contribution in [0, 0.1) is 5.92 Å². The van der Waals surface area contributed by atoms with E-state index in [2.05, 4.69) is 16.6 Å². The minimum absolute atomic E-state index is 0.155. The number of rotatable bonds is 4. The molecule has 1 fully saturated rings. The van der Waals surface area contributed by atoms with Crippen LogP contribution in [-0.2, 0) is 16.1 Å². The van der Waals surface area contributed by atoms with Gasteiger partial charge in [-0.1, -0.05) is 11.3 Å². The fraction of sp³-hybridized carbons (Fsp3) is 0.889. The predicted molar refractivity (Wildman–Crippen MR) is 101 cm³/mol. The van der Waals surface area contributed by atoms with E-state index in [0.29, 0.717) is 5.92 Å². The monoisotopic (exact) mass is 358 g/mol. The normalized spacial score (nSPS) is 24.4. The lowest BCUT2D eigenvalue weighted by molar-refractivity contribution is 0.0490. The fourth-order valence-corrected chi connectivity index (χ4v) is 3.48. The lowest BCUT2D eigenvalue weighted by Crippen LogP contribution is -2.41. The molecular weight excluding hydrogens is 324 g/mol. The number of carbonyl (C=O) groups is 1. The van der Waals surface area contributed by atoms with E-state index >= 15 is 0 Å². The predicted octanol–water partition coefficient (Wildman–Crippen LogP) is 4.38. The van der Waals surface area contributed by atoms with E-state index in [-0.39, 0.29) is 16.9 Å². The van der Waals surface area contributed by atoms with Crippen LogP contribution < -0.4 is 5.32 Å². The molecule has 0 bridgehead atoms. The van der Waals surface area contributed by atoms with Gasteiger partial charge in [0.05, 0.1) is 5.71 Å². The second-order valence-electron chi connectivity index (χ2n) is 8.49. The lowest BCUT2D eigenvalue weighted by Gasteiger charge is -2.30. The molecule has 1 atom stereocenters. The number of nitrogens with zero attached hydrogens (tertiary/aromatic N) is 1. The molecule has 0 unspecified atom stereocenters. The molecule has 1 aliphatic carbocycles. The quantitative estimate of drug-likeness (QED) is 0.598. The molecule has 140 valence electrons. The highest BCUT2D eigenvalue weighted by Crippen LogP contribution is 2.28. The standard InChI is InChI=1S/C18H34N2O3S/c1-8-15(20-24(22)18(5,6)7)13-9-11-14(12-10-13)19-16(21)23-17(2,3)4/h13-14H,8-12H2,1-7H3,(H,19,21)/b20-15+/t13?,14?,24-/m0/s1. The summed E-state index contributed by atoms with van der Waals surface area (Å²) in [4.78, 5) is 11.9. The lowest BCUT2D eigenvalue weighted by atomic mass is 9.82. The number of carbonyl (C=O) groups excluding carboxylic acids is 1. The summed E-state index contributed by atoms with van der Waals surface area (Å²) >= 11 is -1.20. The Hall–Kier alpha value is -0.750. The van der Waals surface area contributed by atoms with Crippen molar-refractivity contribution >= 4 is 23.2 Å². The van der Waals surface area contributed by atoms with Crippen LogP contribution in [0.4, 0.5) is 4.79 Å². The maximum Gasteiger partial charge on any atom is 0.407 e. The minimum atomic E-state index is -1.20. The fourth-order valence-electron chi connectivity index (χ4n) is 2.72. The van der Waals surface area contributed by atoms with Gasteiger partial charge in [0.2, 0.25) is 0 Å². The Labute approximate surface area is 150 Å². The first-order valence-electron chi connectivity index (χ1n) is 8.91. The zero-order chi connectivity index (χ0) is 18.5. The van der Waals surface area contributed by atoms with Gasteiger partial charge in [0.1, 0.15) is 21.7 Å². The first-order valence-corrected chi connectivity index (χ1v) is 10.0. The van der Waals surface area contributed by atoms with Gasteiger partial charge in [0.15, 0.2) is 0 Å². The summed E-state index contributed by atoms with van der Waals surface area (Å²) in [6.45, 7) is 13.5. The van der Waals surface area contributed by atoms with E-state index in [1.165, 1.54) is 0 Å². The van der Waals surface area contributed by atoms with E-state index in [9.17, 15) is 9.35 Å². The SMILES string of the molecule is CC/C(=N\[S@@+]([O-])C(C)(C)C)C1CCC(NC(=O)OC(C)(C)C)CC1. The molecule has 0 aromatic heterocycles. The Kier molecular flexibility index (Phi) is 7.60. The van der Waals surface area contributed by atoms with Gasteiger partial charge < -0.3 is 14.6 Å². The van der Waals surface area contributed by atoms with Crippen molar-refractivity contribution in [1.29, 1.82) is 0 Å². The minimum Gasteiger partial charge on any atom is -0.591 e. The summed E-state index contributed by atoms with van der Waals surface area (Å²) in [5, 5.41) is 2.96. The maximum absolute atomic E-state index is 12.3. The second-order valence-corrected chi connectivity index (χ2v) is 10.4. The average molecular weight is 359 g/mol. The summed E-state index contributed by atoms with van der Waals surface area (Å²) in [5.41, 5.74) is 0.583. The van der Waals surface area contributed by atoms with Crippen molar-refractivity contribution in [3.8, 4) is 0 Å². The maximum atomic E-state index is 12.3. The summed E-state index contributed by atoms with van der Waals surface area (Å²) in [6, 6.07) is 0.155. The highest BCUT2D eigenvalue weighted by atomic mass is 32.2. The number of alkyl carbamates (subject to hydrolysis) is 1. The third-order valence-electron chi connectivity index (χ3n) is 4.01. The summed E-state index contributed by atoms with van der Waals surface area (Å²) in [7, 11) is 0. The van der Waals surface area contributed by atoms with Crippen LogP contribution in [0.5, 0.6) is 0 Å². The second kappa shape index (κ2) is 8.56. The van der Waals surface area contributed by atoms with Gasteiger partial charge in [-0.25, -0.2) is 4.79 Å². The number of hydrogen-bond acceptors (Lipinski definition) is 4. The third kappa shape index (κ3) is 7.43. The molecule has 1 amide bonds. The molecule has 0 aromatic rings. The molecule has 1 N–H and O–H groups in total. The van der Waals surface area contributed by atoms with Gasteiger partial charge in [0.25, 0.3) is 0 Å². The van der Waals surface area contributed by atoms with Crippen molar-refractivity contribution in [3.05, 3.63) is 0 Å². The smallest absolute Gasteiger partial charge is 0.407 e. The van der Waals surface area contributed by atoms with Crippen molar-refractivity contribution in [2.75, 3.05) is 0 Å². The van der Waals surface area contributed by atoms with Crippen LogP contribution in [0.3, 0.4) is 0 Å². The van der Waals surface area contributed by atoms with Crippen LogP contribution in [-0.4, -0.2) is 32.7 Å². The van der Waals surface area contributed by atoms with E-state index in [4.69, 9.17) is 4.74 Å². The molecule has 1 rings (SSSR count). The highest BCUT2D eigenvalue weighted by molar-refractivity contribution is 7.91. The Morgan fingerprint density at radius 3 is 2.12 bits per heavy atom. The molecule has 0 aromatic carbocycles. The Morgan fingerprint density at radius 2 is 1.71 bits per heavy atom. The number of amides is 1. The molecule has 0 aliphatic heterocycles. The van der Waals surface area contributed by atoms with Crippen LogP contribution in [0.1, 0.15) is 80.6 Å². The van der Waals surface area contributed by atoms with Gasteiger partial charge in [-0.2, -0.15) is 0 Å². The molecule has 1 saturated carbocycles. The van der Waals surface area contributed by atoms with Crippen molar-refractivity contribution in [1.82, 2.24) is 5.32 Å². The van der Waals surface area contributed by atoms with Crippen molar-refractivity contribution in [2.24, 2.45) is 10.3 Å². The summed E-state index contributed by atoms with van der Waals surface area (Å²) < 4.78 is 21.8. The van der Waals surface area contributed by atoms with Crippen LogP contribution in [0.2, 0.25) is 0 Å². The van der Waals surface area contributed by atoms with Crippen molar-refractivity contribution < 1.29 is 14.1 Å². The first-order chi connectivity index (χ1) is 10.9. The molecular formula is C18H34N2O3S. The molecule has 5 nitrogen and oxygen atoms in total. The number of ether oxygens (including phenoxy) is 1. The molecule has 0 heterocycles. The van der Waals surface area contributed by atoms with Crippen LogP contribution in [0.15, 0.2) is 4.40 Å². The summed E-state index contributed by atoms with van der Waals surface area (Å²) in [5.74, 6) is 0.373. The Bertz CT molecular complexity index is 444. The molecule has 24 heavy (non-hydrogen) atoms. The van der Waals surface area contributed by atoms with E-state index < -0.39 is 17.0 Å². The zero-order valence-electron chi connectivity index (χ0n) is 16.3. The molecule has 1 aliphatic rings. The highest BCUT2D eigenvalue weighted by Gasteiger charge is 2.31. The van der Waals surface area contributed by atoms with Gasteiger partial charge in [-0.3, -0.25) is 0 Å². The van der Waals surface area contributed by atoms with E-state index in [1.54, 1.807) is 0 Å². The van der Waals surface area contributed by atoms with Crippen LogP contribution in [0.25, 0.3) is 0 Å². The topological polar surface area (TPSA) is 73.8 Å². The molecule has 0 spiro atoms. The molecule has 0 saturated heterocycles. The number of nitrogens with one attached hydrogen (secondary N) is 1. The zero-order valence-corrected chi connectivity index (χ0v) is 17.1. The van der Waals surface area contributed by atoms with E-state index in [0.717, 1.165) is 37.8 Å². The largest absolute Gasteiger partial charge is 0.591 e. The van der Waals surface area contributed by atoms with E-state index in [1.807, 2.05) is 41.5 Å².